The summed E-state index contributed by atoms with van der Waals surface area (Å²) < 4.78 is 30.1. The van der Waals surface area contributed by atoms with Gasteiger partial charge >= 0.3 is 6.03 Å². The first-order valence-electron chi connectivity index (χ1n) is 15.5. The zero-order chi connectivity index (χ0) is 33.6. The molecule has 3 rings (SSSR count). The number of nitrogens with one attached hydrogen (secondary N) is 1. The number of ether oxygens (including phenoxy) is 5. The van der Waals surface area contributed by atoms with Crippen LogP contribution in [0.3, 0.4) is 0 Å². The maximum atomic E-state index is 11.0. The van der Waals surface area contributed by atoms with Crippen molar-refractivity contribution in [3.05, 3.63) is 47.1 Å². The second-order valence-corrected chi connectivity index (χ2v) is 11.7. The molecule has 2 aromatic heterocycles. The maximum Gasteiger partial charge on any atom is 0.339 e. The maximum absolute atomic E-state index is 11.0. The zero-order valence-electron chi connectivity index (χ0n) is 27.4. The largest absolute Gasteiger partial charge is 0.379 e. The highest BCUT2D eigenvalue weighted by molar-refractivity contribution is 7.19. The van der Waals surface area contributed by atoms with E-state index in [0.29, 0.717) is 83.5 Å². The van der Waals surface area contributed by atoms with E-state index in [0.717, 1.165) is 33.6 Å². The number of rotatable bonds is 22. The molecular weight excluding hydrogens is 616 g/mol. The third kappa shape index (κ3) is 16.4. The summed E-state index contributed by atoms with van der Waals surface area (Å²) in [6.07, 6.45) is 3.38. The van der Waals surface area contributed by atoms with E-state index in [2.05, 4.69) is 29.5 Å². The fraction of sp³-hybridized carbons (Fsp3) is 0.613. The van der Waals surface area contributed by atoms with Gasteiger partial charge in [0.15, 0.2) is 0 Å². The zero-order valence-corrected chi connectivity index (χ0v) is 28.2. The van der Waals surface area contributed by atoms with Gasteiger partial charge in [-0.25, -0.2) is 4.79 Å². The second-order valence-electron chi connectivity index (χ2n) is 10.6. The number of hydroxylamine groups is 2. The van der Waals surface area contributed by atoms with Crippen molar-refractivity contribution in [1.29, 1.82) is 0 Å². The molecule has 0 fully saturated rings. The number of thiophene rings is 1. The third-order valence-electron chi connectivity index (χ3n) is 6.46. The summed E-state index contributed by atoms with van der Waals surface area (Å²) in [5.41, 5.74) is 5.84. The number of aryl methyl sites for hydroxylation is 1. The Hall–Kier alpha value is -3.18. The first-order chi connectivity index (χ1) is 22.2. The van der Waals surface area contributed by atoms with Gasteiger partial charge in [0.1, 0.15) is 5.69 Å². The molecule has 0 aliphatic carbocycles. The number of carbonyl (C=O) groups is 2. The molecule has 2 heterocycles. The minimum Gasteiger partial charge on any atom is -0.379 e. The van der Waals surface area contributed by atoms with Gasteiger partial charge in [-0.2, -0.15) is 5.06 Å². The normalized spacial score (nSPS) is 11.8. The van der Waals surface area contributed by atoms with E-state index >= 15 is 0 Å². The van der Waals surface area contributed by atoms with Gasteiger partial charge in [0.25, 0.3) is 0 Å². The van der Waals surface area contributed by atoms with Crippen molar-refractivity contribution in [2.24, 2.45) is 11.7 Å². The van der Waals surface area contributed by atoms with Gasteiger partial charge in [0, 0.05) is 29.6 Å². The molecule has 0 saturated heterocycles. The Labute approximate surface area is 275 Å². The Morgan fingerprint density at radius 2 is 1.54 bits per heavy atom. The van der Waals surface area contributed by atoms with E-state index in [9.17, 15) is 14.8 Å². The Morgan fingerprint density at radius 1 is 0.957 bits per heavy atom. The molecule has 15 heteroatoms. The molecule has 46 heavy (non-hydrogen) atoms. The Bertz CT molecular complexity index is 1220. The average molecular weight is 667 g/mol. The molecular formula is C31H50N6O8S. The molecule has 14 nitrogen and oxygen atoms in total. The van der Waals surface area contributed by atoms with E-state index in [-0.39, 0.29) is 5.91 Å². The van der Waals surface area contributed by atoms with Gasteiger partial charge in [-0.05, 0) is 36.8 Å². The van der Waals surface area contributed by atoms with Gasteiger partial charge in [0.05, 0.1) is 78.3 Å². The van der Waals surface area contributed by atoms with E-state index < -0.39 is 12.1 Å². The molecule has 1 aromatic carbocycles. The summed E-state index contributed by atoms with van der Waals surface area (Å²) in [5, 5.41) is 21.8. The molecule has 0 aliphatic rings. The highest BCUT2D eigenvalue weighted by Gasteiger charge is 2.19. The number of fused-ring (bicyclic) bond motifs is 1. The summed E-state index contributed by atoms with van der Waals surface area (Å²) in [5.74, 6) is 0.619. The number of primary amides is 1. The van der Waals surface area contributed by atoms with Crippen molar-refractivity contribution < 1.29 is 38.5 Å². The molecule has 0 radical (unpaired) electrons. The molecule has 1 unspecified atom stereocenters. The van der Waals surface area contributed by atoms with Gasteiger partial charge in [0.2, 0.25) is 5.91 Å². The monoisotopic (exact) mass is 666 g/mol. The number of amides is 3. The van der Waals surface area contributed by atoms with Crippen LogP contribution in [-0.4, -0.2) is 104 Å². The highest BCUT2D eigenvalue weighted by atomic mass is 32.1. The van der Waals surface area contributed by atoms with Crippen LogP contribution in [0.2, 0.25) is 0 Å². The molecule has 0 spiro atoms. The van der Waals surface area contributed by atoms with Gasteiger partial charge < -0.3 is 34.7 Å². The minimum absolute atomic E-state index is 0.0281. The molecule has 0 saturated carbocycles. The van der Waals surface area contributed by atoms with Crippen molar-refractivity contribution >= 4 is 33.4 Å². The van der Waals surface area contributed by atoms with Crippen molar-refractivity contribution in [2.75, 3.05) is 66.5 Å². The lowest BCUT2D eigenvalue weighted by Crippen LogP contribution is -2.34. The number of nitrogens with two attached hydrogens (primary N) is 1. The molecule has 1 atom stereocenters. The van der Waals surface area contributed by atoms with Crippen LogP contribution < -0.4 is 11.1 Å². The number of benzene rings is 1. The average Bonchev–Trinajstić information content (AvgIpc) is 3.70. The predicted molar refractivity (Wildman–Crippen MR) is 175 cm³/mol. The molecule has 0 aliphatic heterocycles. The van der Waals surface area contributed by atoms with Crippen LogP contribution in [0, 0.1) is 5.92 Å². The van der Waals surface area contributed by atoms with Crippen LogP contribution in [0.5, 0.6) is 0 Å². The lowest BCUT2D eigenvalue weighted by Gasteiger charge is -2.18. The van der Waals surface area contributed by atoms with Crippen LogP contribution in [0.25, 0.3) is 10.1 Å². The Morgan fingerprint density at radius 3 is 2.11 bits per heavy atom. The summed E-state index contributed by atoms with van der Waals surface area (Å²) >= 11 is 1.54. The van der Waals surface area contributed by atoms with Crippen LogP contribution in [0.4, 0.5) is 4.79 Å². The number of hydrogen-bond acceptors (Lipinski definition) is 11. The van der Waals surface area contributed by atoms with Crippen LogP contribution in [0.1, 0.15) is 50.2 Å². The van der Waals surface area contributed by atoms with Crippen LogP contribution >= 0.6 is 11.3 Å². The lowest BCUT2D eigenvalue weighted by atomic mass is 10.1. The molecule has 0 bridgehead atoms. The number of aromatic nitrogens is 3. The quantitative estimate of drug-likeness (QED) is 0.0814. The Kier molecular flexibility index (Phi) is 19.7. The fourth-order valence-electron chi connectivity index (χ4n) is 3.77. The molecule has 3 amide bonds. The van der Waals surface area contributed by atoms with Crippen molar-refractivity contribution in [3.63, 3.8) is 0 Å². The molecule has 258 valence electrons. The van der Waals surface area contributed by atoms with E-state index in [1.165, 1.54) is 0 Å². The van der Waals surface area contributed by atoms with Crippen molar-refractivity contribution in [3.8, 4) is 0 Å². The van der Waals surface area contributed by atoms with E-state index in [1.54, 1.807) is 25.3 Å². The number of carbonyl (C=O) groups excluding carboxylic acids is 2. The highest BCUT2D eigenvalue weighted by Crippen LogP contribution is 2.31. The fourth-order valence-corrected chi connectivity index (χ4v) is 4.87. The number of hydrogen-bond donors (Lipinski definition) is 3. The summed E-state index contributed by atoms with van der Waals surface area (Å²) in [7, 11) is 1.61. The van der Waals surface area contributed by atoms with E-state index in [1.807, 2.05) is 41.2 Å². The smallest absolute Gasteiger partial charge is 0.339 e. The van der Waals surface area contributed by atoms with Crippen molar-refractivity contribution in [1.82, 2.24) is 25.4 Å². The van der Waals surface area contributed by atoms with Gasteiger partial charge in [-0.1, -0.05) is 37.3 Å². The van der Waals surface area contributed by atoms with Gasteiger partial charge in [-0.15, -0.1) is 16.4 Å². The number of nitrogens with zero attached hydrogens (tertiary/aromatic N) is 4. The minimum atomic E-state index is -0.843. The van der Waals surface area contributed by atoms with Gasteiger partial charge in [-0.3, -0.25) is 14.7 Å². The summed E-state index contributed by atoms with van der Waals surface area (Å²) in [6, 6.07) is 8.60. The standard InChI is InChI=1S/C20H38N4O6.C11H12N2O2S/c1-18(2)4-6-24-16-19(22-23-24)17-30-15-14-29-13-12-28-11-10-27-9-8-26-7-5-20(25)21-3;1-7(13(15)11(12)14)10-6-8-4-2-3-5-9(8)16-10/h16,18H,4-15,17H2,1-3H3,(H,21,25);2-7,15H,1H3,(H2,12,14). The number of urea groups is 1. The van der Waals surface area contributed by atoms with Crippen LogP contribution in [-0.2, 0) is 41.6 Å². The molecule has 4 N–H and O–H groups in total. The van der Waals surface area contributed by atoms with Crippen molar-refractivity contribution in [2.45, 2.75) is 52.8 Å². The topological polar surface area (TPSA) is 173 Å². The lowest BCUT2D eigenvalue weighted by molar-refractivity contribution is -0.121. The van der Waals surface area contributed by atoms with E-state index in [4.69, 9.17) is 29.4 Å². The first-order valence-corrected chi connectivity index (χ1v) is 16.3. The second kappa shape index (κ2) is 23.2. The third-order valence-corrected chi connectivity index (χ3v) is 7.75. The Balaban J connectivity index is 0.000000383. The van der Waals surface area contributed by atoms with Crippen LogP contribution in [0.15, 0.2) is 36.5 Å². The summed E-state index contributed by atoms with van der Waals surface area (Å²) in [4.78, 5) is 22.7. The molecule has 3 aromatic rings. The first kappa shape index (κ1) is 39.0. The summed E-state index contributed by atoms with van der Waals surface area (Å²) in [6.45, 7) is 11.8. The predicted octanol–water partition coefficient (Wildman–Crippen LogP) is 3.78. The SMILES string of the molecule is CC(c1cc2ccccc2s1)N(O)C(N)=O.CNC(=O)CCOCCOCCOCCOCCOCc1cn(CCC(C)C)nn1.